The molecule has 0 spiro atoms. The third kappa shape index (κ3) is 4.88. The SMILES string of the molecule is CCn1c(C)nc2cc(C(=O)NNC(=O)CCCSc3nc4ccccc4s3)ccc21. The van der Waals surface area contributed by atoms with Crippen LogP contribution in [0.2, 0.25) is 0 Å². The number of thioether (sulfide) groups is 1. The fourth-order valence-corrected chi connectivity index (χ4v) is 5.44. The van der Waals surface area contributed by atoms with Crippen LogP contribution in [-0.4, -0.2) is 32.1 Å². The number of hydrazine groups is 1. The van der Waals surface area contributed by atoms with Gasteiger partial charge in [-0.15, -0.1) is 11.3 Å². The molecular weight excluding hydrogens is 430 g/mol. The van der Waals surface area contributed by atoms with Crippen molar-refractivity contribution in [1.29, 1.82) is 0 Å². The highest BCUT2D eigenvalue weighted by Crippen LogP contribution is 2.29. The summed E-state index contributed by atoms with van der Waals surface area (Å²) in [6.07, 6.45) is 1.03. The van der Waals surface area contributed by atoms with E-state index in [1.165, 1.54) is 4.70 Å². The van der Waals surface area contributed by atoms with Crippen LogP contribution in [0.4, 0.5) is 0 Å². The predicted molar refractivity (Wildman–Crippen MR) is 125 cm³/mol. The van der Waals surface area contributed by atoms with E-state index in [4.69, 9.17) is 0 Å². The van der Waals surface area contributed by atoms with Gasteiger partial charge >= 0.3 is 0 Å². The quantitative estimate of drug-likeness (QED) is 0.247. The van der Waals surface area contributed by atoms with Crippen LogP contribution in [0.15, 0.2) is 46.8 Å². The zero-order valence-electron chi connectivity index (χ0n) is 17.3. The van der Waals surface area contributed by atoms with Crippen molar-refractivity contribution in [2.45, 2.75) is 37.6 Å². The molecule has 4 rings (SSSR count). The summed E-state index contributed by atoms with van der Waals surface area (Å²) in [6.45, 7) is 4.82. The number of hydrogen-bond acceptors (Lipinski definition) is 6. The van der Waals surface area contributed by atoms with Crippen LogP contribution in [0, 0.1) is 6.92 Å². The van der Waals surface area contributed by atoms with Crippen molar-refractivity contribution in [2.24, 2.45) is 0 Å². The van der Waals surface area contributed by atoms with E-state index in [9.17, 15) is 9.59 Å². The molecule has 2 aromatic carbocycles. The number of amides is 2. The fourth-order valence-electron chi connectivity index (χ4n) is 3.36. The second kappa shape index (κ2) is 9.49. The lowest BCUT2D eigenvalue weighted by atomic mass is 10.2. The number of para-hydroxylation sites is 1. The van der Waals surface area contributed by atoms with Gasteiger partial charge in [0.25, 0.3) is 5.91 Å². The molecule has 0 saturated heterocycles. The molecule has 0 unspecified atom stereocenters. The monoisotopic (exact) mass is 453 g/mol. The average Bonchev–Trinajstić information content (AvgIpc) is 3.33. The van der Waals surface area contributed by atoms with Crippen LogP contribution >= 0.6 is 23.1 Å². The molecule has 0 aliphatic heterocycles. The second-order valence-corrected chi connectivity index (χ2v) is 9.38. The van der Waals surface area contributed by atoms with E-state index in [0.717, 1.165) is 39.0 Å². The molecule has 2 amide bonds. The van der Waals surface area contributed by atoms with E-state index in [-0.39, 0.29) is 11.8 Å². The summed E-state index contributed by atoms with van der Waals surface area (Å²) < 4.78 is 4.26. The van der Waals surface area contributed by atoms with Gasteiger partial charge in [0, 0.05) is 24.3 Å². The molecule has 0 aliphatic rings. The van der Waals surface area contributed by atoms with Crippen molar-refractivity contribution < 1.29 is 9.59 Å². The third-order valence-corrected chi connectivity index (χ3v) is 7.15. The Hall–Kier alpha value is -2.91. The van der Waals surface area contributed by atoms with E-state index >= 15 is 0 Å². The van der Waals surface area contributed by atoms with Crippen molar-refractivity contribution in [2.75, 3.05) is 5.75 Å². The molecule has 0 bridgehead atoms. The molecule has 0 atom stereocenters. The second-order valence-electron chi connectivity index (χ2n) is 7.01. The number of hydrogen-bond donors (Lipinski definition) is 2. The maximum absolute atomic E-state index is 12.4. The predicted octanol–water partition coefficient (Wildman–Crippen LogP) is 4.31. The Kier molecular flexibility index (Phi) is 6.53. The highest BCUT2D eigenvalue weighted by molar-refractivity contribution is 8.01. The summed E-state index contributed by atoms with van der Waals surface area (Å²) in [6, 6.07) is 13.4. The molecule has 31 heavy (non-hydrogen) atoms. The molecule has 0 saturated carbocycles. The Morgan fingerprint density at radius 3 is 2.74 bits per heavy atom. The standard InChI is InChI=1S/C22H23N5O2S2/c1-3-27-14(2)23-17-13-15(10-11-18(17)27)21(29)26-25-20(28)9-6-12-30-22-24-16-7-4-5-8-19(16)31-22/h4-5,7-8,10-11,13H,3,6,9,12H2,1-2H3,(H,25,28)(H,26,29). The number of thiazole rings is 1. The molecule has 2 heterocycles. The summed E-state index contributed by atoms with van der Waals surface area (Å²) in [5.74, 6) is 1.12. The van der Waals surface area contributed by atoms with E-state index in [0.29, 0.717) is 18.4 Å². The summed E-state index contributed by atoms with van der Waals surface area (Å²) in [4.78, 5) is 33.5. The van der Waals surface area contributed by atoms with Gasteiger partial charge in [0.1, 0.15) is 5.82 Å². The van der Waals surface area contributed by atoms with Crippen molar-refractivity contribution in [3.05, 3.63) is 53.9 Å². The maximum atomic E-state index is 12.4. The van der Waals surface area contributed by atoms with Crippen LogP contribution in [0.3, 0.4) is 0 Å². The van der Waals surface area contributed by atoms with Gasteiger partial charge in [-0.3, -0.25) is 20.4 Å². The van der Waals surface area contributed by atoms with Crippen LogP contribution in [0.5, 0.6) is 0 Å². The summed E-state index contributed by atoms with van der Waals surface area (Å²) in [5, 5.41) is 0. The van der Waals surface area contributed by atoms with Crippen molar-refractivity contribution in [1.82, 2.24) is 25.4 Å². The van der Waals surface area contributed by atoms with Gasteiger partial charge in [-0.25, -0.2) is 9.97 Å². The number of aromatic nitrogens is 3. The highest BCUT2D eigenvalue weighted by atomic mass is 32.2. The molecule has 4 aromatic rings. The number of nitrogens with one attached hydrogen (secondary N) is 2. The van der Waals surface area contributed by atoms with Crippen LogP contribution in [-0.2, 0) is 11.3 Å². The van der Waals surface area contributed by atoms with E-state index in [2.05, 4.69) is 38.4 Å². The zero-order valence-corrected chi connectivity index (χ0v) is 19.0. The number of benzene rings is 2. The van der Waals surface area contributed by atoms with Gasteiger partial charge in [-0.2, -0.15) is 0 Å². The molecule has 0 radical (unpaired) electrons. The topological polar surface area (TPSA) is 88.9 Å². The highest BCUT2D eigenvalue weighted by Gasteiger charge is 2.12. The van der Waals surface area contributed by atoms with Gasteiger partial charge in [0.05, 0.1) is 21.3 Å². The fraction of sp³-hybridized carbons (Fsp3) is 0.273. The van der Waals surface area contributed by atoms with Gasteiger partial charge in [-0.1, -0.05) is 23.9 Å². The first kappa shape index (κ1) is 21.3. The molecule has 2 aromatic heterocycles. The minimum Gasteiger partial charge on any atom is -0.329 e. The Bertz CT molecular complexity index is 1210. The van der Waals surface area contributed by atoms with E-state index in [1.807, 2.05) is 31.2 Å². The Morgan fingerprint density at radius 1 is 1.10 bits per heavy atom. The molecule has 2 N–H and O–H groups in total. The lowest BCUT2D eigenvalue weighted by Gasteiger charge is -2.07. The minimum absolute atomic E-state index is 0.217. The number of rotatable bonds is 7. The Labute approximate surface area is 188 Å². The molecule has 9 heteroatoms. The van der Waals surface area contributed by atoms with Gasteiger partial charge in [0.2, 0.25) is 5.91 Å². The van der Waals surface area contributed by atoms with Crippen LogP contribution in [0.25, 0.3) is 21.3 Å². The number of carbonyl (C=O) groups excluding carboxylic acids is 2. The summed E-state index contributed by atoms with van der Waals surface area (Å²) >= 11 is 3.31. The minimum atomic E-state index is -0.359. The molecule has 7 nitrogen and oxygen atoms in total. The van der Waals surface area contributed by atoms with Crippen LogP contribution in [0.1, 0.15) is 35.9 Å². The average molecular weight is 454 g/mol. The van der Waals surface area contributed by atoms with Crippen molar-refractivity contribution in [3.8, 4) is 0 Å². The summed E-state index contributed by atoms with van der Waals surface area (Å²) in [5.41, 5.74) is 8.20. The van der Waals surface area contributed by atoms with Crippen molar-refractivity contribution in [3.63, 3.8) is 0 Å². The largest absolute Gasteiger partial charge is 0.329 e. The lowest BCUT2D eigenvalue weighted by Crippen LogP contribution is -2.41. The smallest absolute Gasteiger partial charge is 0.269 e. The molecular formula is C22H23N5O2S2. The zero-order chi connectivity index (χ0) is 21.8. The van der Waals surface area contributed by atoms with Gasteiger partial charge in [0.15, 0.2) is 4.34 Å². The van der Waals surface area contributed by atoms with Gasteiger partial charge in [-0.05, 0) is 50.6 Å². The number of aryl methyl sites for hydroxylation is 2. The molecule has 0 aliphatic carbocycles. The normalized spacial score (nSPS) is 11.2. The number of fused-ring (bicyclic) bond motifs is 2. The number of imidazole rings is 1. The Balaban J connectivity index is 1.23. The third-order valence-electron chi connectivity index (χ3n) is 4.88. The molecule has 160 valence electrons. The number of nitrogens with zero attached hydrogens (tertiary/aromatic N) is 3. The first-order valence-electron chi connectivity index (χ1n) is 10.1. The Morgan fingerprint density at radius 2 is 1.94 bits per heavy atom. The van der Waals surface area contributed by atoms with E-state index < -0.39 is 0 Å². The van der Waals surface area contributed by atoms with Gasteiger partial charge < -0.3 is 4.57 Å². The number of carbonyl (C=O) groups is 2. The van der Waals surface area contributed by atoms with Crippen molar-refractivity contribution >= 4 is 56.2 Å². The first-order chi connectivity index (χ1) is 15.0. The lowest BCUT2D eigenvalue weighted by molar-refractivity contribution is -0.121. The van der Waals surface area contributed by atoms with E-state index in [1.54, 1.807) is 35.2 Å². The molecule has 0 fully saturated rings. The summed E-state index contributed by atoms with van der Waals surface area (Å²) in [7, 11) is 0. The van der Waals surface area contributed by atoms with Crippen LogP contribution < -0.4 is 10.9 Å². The first-order valence-corrected chi connectivity index (χ1v) is 11.9. The maximum Gasteiger partial charge on any atom is 0.269 e.